The maximum Gasteiger partial charge on any atom is 0.0589 e. The highest BCUT2D eigenvalue weighted by Crippen LogP contribution is 2.11. The summed E-state index contributed by atoms with van der Waals surface area (Å²) < 4.78 is 5.20. The maximum absolute atomic E-state index is 5.20. The summed E-state index contributed by atoms with van der Waals surface area (Å²) in [6.45, 7) is 12.5. The summed E-state index contributed by atoms with van der Waals surface area (Å²) in [5.41, 5.74) is 2.73. The van der Waals surface area contributed by atoms with E-state index in [0.29, 0.717) is 12.1 Å². The molecule has 114 valence electrons. The highest BCUT2D eigenvalue weighted by Gasteiger charge is 2.10. The van der Waals surface area contributed by atoms with E-state index in [1.807, 2.05) is 0 Å². The van der Waals surface area contributed by atoms with Crippen LogP contribution in [0.15, 0.2) is 24.3 Å². The third-order valence-electron chi connectivity index (χ3n) is 3.40. The van der Waals surface area contributed by atoms with Crippen molar-refractivity contribution < 1.29 is 4.74 Å². The van der Waals surface area contributed by atoms with Gasteiger partial charge in [0.1, 0.15) is 0 Å². The lowest BCUT2D eigenvalue weighted by molar-refractivity contribution is 0.125. The Morgan fingerprint density at radius 2 is 1.85 bits per heavy atom. The summed E-state index contributed by atoms with van der Waals surface area (Å²) >= 11 is 0. The molecule has 0 aliphatic heterocycles. The number of ether oxygens (including phenoxy) is 1. The van der Waals surface area contributed by atoms with Gasteiger partial charge in [0.15, 0.2) is 0 Å². The van der Waals surface area contributed by atoms with E-state index in [9.17, 15) is 0 Å². The van der Waals surface area contributed by atoms with Gasteiger partial charge in [-0.25, -0.2) is 0 Å². The number of benzene rings is 1. The molecule has 0 atom stereocenters. The van der Waals surface area contributed by atoms with Gasteiger partial charge in [-0.2, -0.15) is 0 Å². The first-order valence-electron chi connectivity index (χ1n) is 7.57. The Labute approximate surface area is 124 Å². The van der Waals surface area contributed by atoms with E-state index in [1.165, 1.54) is 11.1 Å². The number of rotatable bonds is 9. The van der Waals surface area contributed by atoms with Gasteiger partial charge in [-0.15, -0.1) is 0 Å². The van der Waals surface area contributed by atoms with Crippen molar-refractivity contribution in [2.75, 3.05) is 20.3 Å². The van der Waals surface area contributed by atoms with Crippen LogP contribution in [0.3, 0.4) is 0 Å². The minimum Gasteiger partial charge on any atom is -0.383 e. The maximum atomic E-state index is 5.20. The summed E-state index contributed by atoms with van der Waals surface area (Å²) in [6.07, 6.45) is 0. The minimum atomic E-state index is 0.521. The first kappa shape index (κ1) is 17.2. The SMILES string of the molecule is COCCN(Cc1cccc(CNC(C)C)c1)C(C)C. The average Bonchev–Trinajstić information content (AvgIpc) is 2.41. The molecule has 0 aliphatic carbocycles. The highest BCUT2D eigenvalue weighted by atomic mass is 16.5. The van der Waals surface area contributed by atoms with Crippen molar-refractivity contribution in [3.8, 4) is 0 Å². The van der Waals surface area contributed by atoms with Crippen LogP contribution in [-0.4, -0.2) is 37.2 Å². The molecular weight excluding hydrogens is 248 g/mol. The summed E-state index contributed by atoms with van der Waals surface area (Å²) in [5.74, 6) is 0. The first-order chi connectivity index (χ1) is 9.52. The Balaban J connectivity index is 2.62. The van der Waals surface area contributed by atoms with Crippen molar-refractivity contribution in [2.45, 2.75) is 52.9 Å². The summed E-state index contributed by atoms with van der Waals surface area (Å²) in [6, 6.07) is 9.91. The van der Waals surface area contributed by atoms with Crippen LogP contribution < -0.4 is 5.32 Å². The van der Waals surface area contributed by atoms with Crippen LogP contribution in [0.25, 0.3) is 0 Å². The van der Waals surface area contributed by atoms with E-state index in [2.05, 4.69) is 62.2 Å². The molecule has 1 aromatic rings. The largest absolute Gasteiger partial charge is 0.383 e. The molecule has 0 spiro atoms. The van der Waals surface area contributed by atoms with Crippen molar-refractivity contribution in [1.29, 1.82) is 0 Å². The minimum absolute atomic E-state index is 0.521. The van der Waals surface area contributed by atoms with Crippen LogP contribution in [0.2, 0.25) is 0 Å². The molecular formula is C17H30N2O. The van der Waals surface area contributed by atoms with Crippen LogP contribution in [0.4, 0.5) is 0 Å². The molecule has 0 fully saturated rings. The molecule has 0 saturated heterocycles. The lowest BCUT2D eigenvalue weighted by Crippen LogP contribution is -2.33. The predicted molar refractivity (Wildman–Crippen MR) is 85.8 cm³/mol. The zero-order valence-electron chi connectivity index (χ0n) is 13.6. The van der Waals surface area contributed by atoms with E-state index >= 15 is 0 Å². The first-order valence-corrected chi connectivity index (χ1v) is 7.57. The Kier molecular flexibility index (Phi) is 7.82. The highest BCUT2D eigenvalue weighted by molar-refractivity contribution is 5.23. The van der Waals surface area contributed by atoms with Gasteiger partial charge in [-0.05, 0) is 25.0 Å². The Hall–Kier alpha value is -0.900. The molecule has 0 unspecified atom stereocenters. The van der Waals surface area contributed by atoms with E-state index in [-0.39, 0.29) is 0 Å². The normalized spacial score (nSPS) is 11.8. The van der Waals surface area contributed by atoms with E-state index in [0.717, 1.165) is 26.2 Å². The second-order valence-electron chi connectivity index (χ2n) is 5.91. The van der Waals surface area contributed by atoms with Crippen LogP contribution in [0, 0.1) is 0 Å². The van der Waals surface area contributed by atoms with Gasteiger partial charge < -0.3 is 10.1 Å². The quantitative estimate of drug-likeness (QED) is 0.751. The van der Waals surface area contributed by atoms with Gasteiger partial charge in [0.05, 0.1) is 6.61 Å². The van der Waals surface area contributed by atoms with Gasteiger partial charge >= 0.3 is 0 Å². The number of hydrogen-bond acceptors (Lipinski definition) is 3. The molecule has 1 N–H and O–H groups in total. The molecule has 20 heavy (non-hydrogen) atoms. The molecule has 3 heteroatoms. The van der Waals surface area contributed by atoms with Gasteiger partial charge in [0.25, 0.3) is 0 Å². The number of hydrogen-bond donors (Lipinski definition) is 1. The van der Waals surface area contributed by atoms with Gasteiger partial charge in [0, 0.05) is 38.8 Å². The summed E-state index contributed by atoms with van der Waals surface area (Å²) in [4.78, 5) is 2.44. The molecule has 0 bridgehead atoms. The molecule has 1 aromatic carbocycles. The van der Waals surface area contributed by atoms with Crippen LogP contribution >= 0.6 is 0 Å². The fraction of sp³-hybridized carbons (Fsp3) is 0.647. The molecule has 0 radical (unpaired) electrons. The summed E-state index contributed by atoms with van der Waals surface area (Å²) in [7, 11) is 1.76. The Morgan fingerprint density at radius 1 is 1.15 bits per heavy atom. The van der Waals surface area contributed by atoms with Crippen LogP contribution in [-0.2, 0) is 17.8 Å². The van der Waals surface area contributed by atoms with Gasteiger partial charge in [-0.1, -0.05) is 38.1 Å². The monoisotopic (exact) mass is 278 g/mol. The van der Waals surface area contributed by atoms with Gasteiger partial charge in [-0.3, -0.25) is 4.90 Å². The topological polar surface area (TPSA) is 24.5 Å². The number of nitrogens with zero attached hydrogens (tertiary/aromatic N) is 1. The van der Waals surface area contributed by atoms with Crippen LogP contribution in [0.1, 0.15) is 38.8 Å². The van der Waals surface area contributed by atoms with Crippen molar-refractivity contribution in [3.05, 3.63) is 35.4 Å². The Bertz CT molecular complexity index is 377. The van der Waals surface area contributed by atoms with Crippen molar-refractivity contribution in [2.24, 2.45) is 0 Å². The van der Waals surface area contributed by atoms with E-state index < -0.39 is 0 Å². The van der Waals surface area contributed by atoms with Crippen molar-refractivity contribution in [1.82, 2.24) is 10.2 Å². The molecule has 1 rings (SSSR count). The lowest BCUT2D eigenvalue weighted by Gasteiger charge is -2.26. The standard InChI is InChI=1S/C17H30N2O/c1-14(2)18-12-16-7-6-8-17(11-16)13-19(15(3)4)9-10-20-5/h6-8,11,14-15,18H,9-10,12-13H2,1-5H3. The zero-order chi connectivity index (χ0) is 15.0. The van der Waals surface area contributed by atoms with Crippen molar-refractivity contribution >= 4 is 0 Å². The zero-order valence-corrected chi connectivity index (χ0v) is 13.6. The van der Waals surface area contributed by atoms with E-state index in [4.69, 9.17) is 4.74 Å². The van der Waals surface area contributed by atoms with Crippen molar-refractivity contribution in [3.63, 3.8) is 0 Å². The molecule has 3 nitrogen and oxygen atoms in total. The second-order valence-corrected chi connectivity index (χ2v) is 5.91. The van der Waals surface area contributed by atoms with Gasteiger partial charge in [0.2, 0.25) is 0 Å². The molecule has 0 saturated carbocycles. The Morgan fingerprint density at radius 3 is 2.45 bits per heavy atom. The van der Waals surface area contributed by atoms with Crippen LogP contribution in [0.5, 0.6) is 0 Å². The predicted octanol–water partition coefficient (Wildman–Crippen LogP) is 3.04. The number of nitrogens with one attached hydrogen (secondary N) is 1. The fourth-order valence-electron chi connectivity index (χ4n) is 2.12. The molecule has 0 aliphatic rings. The van der Waals surface area contributed by atoms with E-state index in [1.54, 1.807) is 7.11 Å². The third-order valence-corrected chi connectivity index (χ3v) is 3.40. The average molecular weight is 278 g/mol. The second kappa shape index (κ2) is 9.11. The molecule has 0 heterocycles. The molecule has 0 aromatic heterocycles. The smallest absolute Gasteiger partial charge is 0.0589 e. The third kappa shape index (κ3) is 6.51. The lowest BCUT2D eigenvalue weighted by atomic mass is 10.1. The fourth-order valence-corrected chi connectivity index (χ4v) is 2.12. The molecule has 0 amide bonds. The number of methoxy groups -OCH3 is 1. The summed E-state index contributed by atoms with van der Waals surface area (Å²) in [5, 5.41) is 3.47.